The van der Waals surface area contributed by atoms with Crippen molar-refractivity contribution in [2.45, 2.75) is 13.0 Å². The van der Waals surface area contributed by atoms with Crippen molar-refractivity contribution in [3.8, 4) is 0 Å². The molecule has 0 bridgehead atoms. The number of nitrogens with one attached hydrogen (secondary N) is 1. The molecule has 26 heavy (non-hydrogen) atoms. The highest BCUT2D eigenvalue weighted by Crippen LogP contribution is 2.21. The number of carbonyl (C=O) groups excluding carboxylic acids is 1. The van der Waals surface area contributed by atoms with Crippen molar-refractivity contribution >= 4 is 38.7 Å². The van der Waals surface area contributed by atoms with Gasteiger partial charge in [-0.1, -0.05) is 40.2 Å². The topological polar surface area (TPSA) is 71.3 Å². The second-order valence-corrected chi connectivity index (χ2v) is 6.76. The molecule has 0 aliphatic carbocycles. The van der Waals surface area contributed by atoms with Gasteiger partial charge in [-0.2, -0.15) is 0 Å². The number of aryl methyl sites for hydroxylation is 2. The number of hydrogen-bond acceptors (Lipinski definition) is 3. The number of pyridine rings is 1. The van der Waals surface area contributed by atoms with Crippen LogP contribution in [0.5, 0.6) is 0 Å². The van der Waals surface area contributed by atoms with E-state index in [0.717, 1.165) is 33.3 Å². The molecule has 6 heteroatoms. The first-order chi connectivity index (χ1) is 12.6. The van der Waals surface area contributed by atoms with E-state index in [4.69, 9.17) is 5.21 Å². The Morgan fingerprint density at radius 3 is 2.73 bits per heavy atom. The second-order valence-electron chi connectivity index (χ2n) is 5.85. The van der Waals surface area contributed by atoms with Gasteiger partial charge in [0, 0.05) is 28.9 Å². The maximum absolute atomic E-state index is 12.5. The average molecular weight is 413 g/mol. The Kier molecular flexibility index (Phi) is 5.65. The number of hydroxylamine groups is 1. The molecule has 0 radical (unpaired) electrons. The molecule has 0 unspecified atom stereocenters. The smallest absolute Gasteiger partial charge is 0.267 e. The first-order valence-corrected chi connectivity index (χ1v) is 8.86. The van der Waals surface area contributed by atoms with E-state index in [1.165, 1.54) is 11.6 Å². The van der Waals surface area contributed by atoms with Crippen molar-refractivity contribution in [2.75, 3.05) is 0 Å². The Labute approximate surface area is 158 Å². The first kappa shape index (κ1) is 18.1. The van der Waals surface area contributed by atoms with E-state index in [-0.39, 0.29) is 5.56 Å². The number of benzene rings is 2. The van der Waals surface area contributed by atoms with Crippen molar-refractivity contribution in [3.63, 3.8) is 0 Å². The number of aromatic nitrogens is 1. The van der Waals surface area contributed by atoms with Crippen LogP contribution in [0, 0.1) is 0 Å². The van der Waals surface area contributed by atoms with Crippen LogP contribution in [0.3, 0.4) is 0 Å². The van der Waals surface area contributed by atoms with Gasteiger partial charge in [-0.25, -0.2) is 5.48 Å². The number of fused-ring (bicyclic) bond motifs is 1. The fourth-order valence-corrected chi connectivity index (χ4v) is 3.11. The van der Waals surface area contributed by atoms with Gasteiger partial charge in [0.1, 0.15) is 0 Å². The zero-order valence-corrected chi connectivity index (χ0v) is 15.4. The summed E-state index contributed by atoms with van der Waals surface area (Å²) in [6.45, 7) is 0.536. The maximum Gasteiger partial charge on any atom is 0.267 e. The molecule has 0 spiro atoms. The van der Waals surface area contributed by atoms with Crippen LogP contribution < -0.4 is 11.0 Å². The van der Waals surface area contributed by atoms with Gasteiger partial charge in [0.2, 0.25) is 0 Å². The van der Waals surface area contributed by atoms with E-state index in [2.05, 4.69) is 46.3 Å². The summed E-state index contributed by atoms with van der Waals surface area (Å²) >= 11 is 3.47. The Hall–Kier alpha value is -2.70. The van der Waals surface area contributed by atoms with Crippen LogP contribution in [0.25, 0.3) is 16.8 Å². The summed E-state index contributed by atoms with van der Waals surface area (Å²) in [5.41, 5.74) is 2.85. The normalized spacial score (nSPS) is 11.2. The first-order valence-electron chi connectivity index (χ1n) is 8.06. The summed E-state index contributed by atoms with van der Waals surface area (Å²) in [7, 11) is 0. The summed E-state index contributed by atoms with van der Waals surface area (Å²) in [6.07, 6.45) is 4.95. The monoisotopic (exact) mass is 412 g/mol. The molecular weight excluding hydrogens is 396 g/mol. The van der Waals surface area contributed by atoms with E-state index in [9.17, 15) is 9.59 Å². The highest BCUT2D eigenvalue weighted by atomic mass is 79.9. The molecule has 0 saturated carbocycles. The van der Waals surface area contributed by atoms with Gasteiger partial charge < -0.3 is 4.57 Å². The molecule has 2 aromatic carbocycles. The molecule has 0 atom stereocenters. The van der Waals surface area contributed by atoms with Crippen LogP contribution in [0.2, 0.25) is 0 Å². The van der Waals surface area contributed by atoms with E-state index in [1.54, 1.807) is 22.9 Å². The van der Waals surface area contributed by atoms with Crippen LogP contribution in [-0.2, 0) is 17.8 Å². The lowest BCUT2D eigenvalue weighted by Gasteiger charge is -2.08. The summed E-state index contributed by atoms with van der Waals surface area (Å²) in [5, 5.41) is 10.8. The third kappa shape index (κ3) is 4.28. The van der Waals surface area contributed by atoms with Crippen LogP contribution in [-0.4, -0.2) is 15.7 Å². The molecule has 1 aromatic heterocycles. The molecule has 1 heterocycles. The molecule has 132 valence electrons. The molecule has 0 saturated heterocycles. The van der Waals surface area contributed by atoms with Crippen LogP contribution in [0.4, 0.5) is 0 Å². The predicted octanol–water partition coefficient (Wildman–Crippen LogP) is 3.53. The fraction of sp³-hybridized carbons (Fsp3) is 0.100. The lowest BCUT2D eigenvalue weighted by atomic mass is 10.1. The van der Waals surface area contributed by atoms with Crippen LogP contribution in [0.1, 0.15) is 11.1 Å². The third-order valence-electron chi connectivity index (χ3n) is 4.08. The summed E-state index contributed by atoms with van der Waals surface area (Å²) < 4.78 is 2.66. The average Bonchev–Trinajstić information content (AvgIpc) is 2.65. The number of amides is 1. The molecule has 0 aliphatic heterocycles. The lowest BCUT2D eigenvalue weighted by Crippen LogP contribution is -2.22. The van der Waals surface area contributed by atoms with Crippen LogP contribution >= 0.6 is 15.9 Å². The van der Waals surface area contributed by atoms with Gasteiger partial charge in [0.25, 0.3) is 11.5 Å². The maximum atomic E-state index is 12.5. The van der Waals surface area contributed by atoms with Crippen molar-refractivity contribution in [1.29, 1.82) is 0 Å². The van der Waals surface area contributed by atoms with Crippen LogP contribution in [0.15, 0.2) is 70.1 Å². The van der Waals surface area contributed by atoms with Gasteiger partial charge in [-0.05, 0) is 53.1 Å². The van der Waals surface area contributed by atoms with Gasteiger partial charge in [0.05, 0.1) is 0 Å². The minimum Gasteiger partial charge on any atom is -0.315 e. The summed E-state index contributed by atoms with van der Waals surface area (Å²) in [5.74, 6) is -0.678. The van der Waals surface area contributed by atoms with Gasteiger partial charge >= 0.3 is 0 Å². The number of rotatable bonds is 5. The zero-order chi connectivity index (χ0) is 18.5. The zero-order valence-electron chi connectivity index (χ0n) is 13.9. The van der Waals surface area contributed by atoms with E-state index in [1.807, 2.05) is 6.07 Å². The highest BCUT2D eigenvalue weighted by Gasteiger charge is 2.03. The molecule has 3 aromatic rings. The molecular formula is C20H17BrN2O3. The highest BCUT2D eigenvalue weighted by molar-refractivity contribution is 9.10. The number of halogens is 1. The second kappa shape index (κ2) is 8.12. The van der Waals surface area contributed by atoms with Gasteiger partial charge in [0.15, 0.2) is 0 Å². The van der Waals surface area contributed by atoms with Crippen molar-refractivity contribution in [2.24, 2.45) is 0 Å². The number of carbonyl (C=O) groups is 1. The van der Waals surface area contributed by atoms with E-state index < -0.39 is 5.91 Å². The van der Waals surface area contributed by atoms with E-state index >= 15 is 0 Å². The quantitative estimate of drug-likeness (QED) is 0.382. The standard InChI is InChI=1S/C20H17BrN2O3/c21-18-7-5-16-12-14(3-4-17(16)13-18)9-11-23-10-1-2-15(20(23)25)6-8-19(24)22-26/h1-8,10,12-13,26H,9,11H2,(H,22,24)/b8-6+. The molecule has 3 rings (SSSR count). The minimum absolute atomic E-state index is 0.181. The largest absolute Gasteiger partial charge is 0.315 e. The third-order valence-corrected chi connectivity index (χ3v) is 4.58. The predicted molar refractivity (Wildman–Crippen MR) is 105 cm³/mol. The summed E-state index contributed by atoms with van der Waals surface area (Å²) in [6, 6.07) is 15.8. The number of hydrogen-bond donors (Lipinski definition) is 2. The van der Waals surface area contributed by atoms with Crippen molar-refractivity contribution < 1.29 is 10.0 Å². The minimum atomic E-state index is -0.678. The molecule has 0 aliphatic rings. The molecule has 2 N–H and O–H groups in total. The van der Waals surface area contributed by atoms with Gasteiger partial charge in [-0.3, -0.25) is 14.8 Å². The SMILES string of the molecule is O=C(/C=C/c1cccn(CCc2ccc3cc(Br)ccc3c2)c1=O)NO. The van der Waals surface area contributed by atoms with E-state index in [0.29, 0.717) is 12.1 Å². The van der Waals surface area contributed by atoms with Crippen molar-refractivity contribution in [1.82, 2.24) is 10.0 Å². The number of nitrogens with zero attached hydrogens (tertiary/aromatic N) is 1. The Balaban J connectivity index is 1.77. The Morgan fingerprint density at radius 2 is 1.92 bits per heavy atom. The van der Waals surface area contributed by atoms with Gasteiger partial charge in [-0.15, -0.1) is 0 Å². The molecule has 5 nitrogen and oxygen atoms in total. The summed E-state index contributed by atoms with van der Waals surface area (Å²) in [4.78, 5) is 23.5. The van der Waals surface area contributed by atoms with Crippen molar-refractivity contribution in [3.05, 3.63) is 86.8 Å². The Bertz CT molecular complexity index is 1040. The molecule has 1 amide bonds. The fourth-order valence-electron chi connectivity index (χ4n) is 2.73. The molecule has 0 fully saturated rings. The Morgan fingerprint density at radius 1 is 1.15 bits per heavy atom. The lowest BCUT2D eigenvalue weighted by molar-refractivity contribution is -0.124.